The summed E-state index contributed by atoms with van der Waals surface area (Å²) in [6, 6.07) is 2.26. The van der Waals surface area contributed by atoms with Crippen LogP contribution >= 0.6 is 0 Å². The van der Waals surface area contributed by atoms with Crippen molar-refractivity contribution in [3.8, 4) is 6.07 Å². The summed E-state index contributed by atoms with van der Waals surface area (Å²) in [6.07, 6.45) is 2.21. The minimum Gasteiger partial charge on any atom is -0.377 e. The van der Waals surface area contributed by atoms with Gasteiger partial charge in [-0.25, -0.2) is 0 Å². The van der Waals surface area contributed by atoms with Gasteiger partial charge in [0.2, 0.25) is 0 Å². The summed E-state index contributed by atoms with van der Waals surface area (Å²) in [5.41, 5.74) is 0. The average Bonchev–Trinajstić information content (AvgIpc) is 2.81. The third-order valence-corrected chi connectivity index (χ3v) is 3.43. The predicted molar refractivity (Wildman–Crippen MR) is 70.3 cm³/mol. The first-order valence-electron chi connectivity index (χ1n) is 6.66. The first-order chi connectivity index (χ1) is 8.74. The van der Waals surface area contributed by atoms with E-state index in [0.29, 0.717) is 0 Å². The summed E-state index contributed by atoms with van der Waals surface area (Å²) < 4.78 is 10.8. The molecule has 104 valence electrons. The van der Waals surface area contributed by atoms with Gasteiger partial charge >= 0.3 is 0 Å². The molecule has 0 bridgehead atoms. The molecular weight excluding hydrogens is 230 g/mol. The van der Waals surface area contributed by atoms with Crippen molar-refractivity contribution in [3.05, 3.63) is 0 Å². The van der Waals surface area contributed by atoms with Crippen molar-refractivity contribution in [2.45, 2.75) is 38.0 Å². The van der Waals surface area contributed by atoms with Crippen LogP contribution in [0, 0.1) is 11.3 Å². The van der Waals surface area contributed by atoms with Crippen LogP contribution in [0.15, 0.2) is 0 Å². The summed E-state index contributed by atoms with van der Waals surface area (Å²) in [6.45, 7) is 5.70. The molecule has 0 aromatic carbocycles. The minimum atomic E-state index is -0.0486. The standard InChI is InChI=1S/C13H25N3O2/c1-4-6-15-11(8-14)5-7-16-9-12(17-2)13(10-16)18-3/h11-13,15H,4-7,9-10H2,1-3H3. The highest BCUT2D eigenvalue weighted by atomic mass is 16.5. The number of likely N-dealkylation sites (tertiary alicyclic amines) is 1. The maximum Gasteiger partial charge on any atom is 0.0971 e. The molecule has 1 N–H and O–H groups in total. The second-order valence-corrected chi connectivity index (χ2v) is 4.73. The van der Waals surface area contributed by atoms with Gasteiger partial charge in [0.1, 0.15) is 0 Å². The van der Waals surface area contributed by atoms with E-state index in [1.54, 1.807) is 14.2 Å². The number of nitriles is 1. The lowest BCUT2D eigenvalue weighted by atomic mass is 10.2. The molecule has 0 aromatic heterocycles. The zero-order valence-electron chi connectivity index (χ0n) is 11.7. The van der Waals surface area contributed by atoms with E-state index < -0.39 is 0 Å². The molecule has 5 nitrogen and oxygen atoms in total. The van der Waals surface area contributed by atoms with Crippen LogP contribution in [0.25, 0.3) is 0 Å². The SMILES string of the molecule is CCCNC(C#N)CCN1CC(OC)C(OC)C1. The van der Waals surface area contributed by atoms with Gasteiger partial charge in [-0.3, -0.25) is 4.90 Å². The maximum atomic E-state index is 9.04. The third-order valence-electron chi connectivity index (χ3n) is 3.43. The molecule has 0 spiro atoms. The van der Waals surface area contributed by atoms with Gasteiger partial charge in [-0.05, 0) is 19.4 Å². The second kappa shape index (κ2) is 8.44. The fourth-order valence-corrected chi connectivity index (χ4v) is 2.30. The molecule has 0 amide bonds. The highest BCUT2D eigenvalue weighted by molar-refractivity contribution is 4.92. The number of methoxy groups -OCH3 is 2. The Balaban J connectivity index is 2.29. The molecule has 18 heavy (non-hydrogen) atoms. The van der Waals surface area contributed by atoms with E-state index in [4.69, 9.17) is 14.7 Å². The summed E-state index contributed by atoms with van der Waals surface area (Å²) in [7, 11) is 3.45. The number of hydrogen-bond donors (Lipinski definition) is 1. The van der Waals surface area contributed by atoms with Gasteiger partial charge < -0.3 is 14.8 Å². The van der Waals surface area contributed by atoms with E-state index in [0.717, 1.165) is 39.0 Å². The summed E-state index contributed by atoms with van der Waals surface area (Å²) >= 11 is 0. The highest BCUT2D eigenvalue weighted by Crippen LogP contribution is 2.16. The smallest absolute Gasteiger partial charge is 0.0971 e. The zero-order chi connectivity index (χ0) is 13.4. The van der Waals surface area contributed by atoms with E-state index in [9.17, 15) is 0 Å². The summed E-state index contributed by atoms with van der Waals surface area (Å²) in [4.78, 5) is 2.31. The van der Waals surface area contributed by atoms with Crippen LogP contribution in [0.4, 0.5) is 0 Å². The quantitative estimate of drug-likeness (QED) is 0.689. The molecule has 3 atom stereocenters. The van der Waals surface area contributed by atoms with Crippen molar-refractivity contribution < 1.29 is 9.47 Å². The fraction of sp³-hybridized carbons (Fsp3) is 0.923. The monoisotopic (exact) mass is 255 g/mol. The maximum absolute atomic E-state index is 9.04. The molecular formula is C13H25N3O2. The average molecular weight is 255 g/mol. The van der Waals surface area contributed by atoms with Crippen LogP contribution in [-0.4, -0.2) is 63.5 Å². The first kappa shape index (κ1) is 15.4. The van der Waals surface area contributed by atoms with Gasteiger partial charge in [0.05, 0.1) is 24.3 Å². The van der Waals surface area contributed by atoms with Crippen LogP contribution in [0.2, 0.25) is 0 Å². The highest BCUT2D eigenvalue weighted by Gasteiger charge is 2.32. The van der Waals surface area contributed by atoms with Crippen LogP contribution in [0.3, 0.4) is 0 Å². The van der Waals surface area contributed by atoms with Gasteiger partial charge in [-0.2, -0.15) is 5.26 Å². The van der Waals surface area contributed by atoms with Crippen LogP contribution in [0.5, 0.6) is 0 Å². The predicted octanol–water partition coefficient (Wildman–Crippen LogP) is 0.614. The summed E-state index contributed by atoms with van der Waals surface area (Å²) in [5.74, 6) is 0. The van der Waals surface area contributed by atoms with E-state index in [1.807, 2.05) is 0 Å². The largest absolute Gasteiger partial charge is 0.377 e. The lowest BCUT2D eigenvalue weighted by Gasteiger charge is -2.17. The molecule has 0 aromatic rings. The van der Waals surface area contributed by atoms with E-state index >= 15 is 0 Å². The molecule has 0 saturated carbocycles. The zero-order valence-corrected chi connectivity index (χ0v) is 11.7. The molecule has 0 radical (unpaired) electrons. The van der Waals surface area contributed by atoms with Crippen LogP contribution in [0.1, 0.15) is 19.8 Å². The van der Waals surface area contributed by atoms with Gasteiger partial charge in [-0.15, -0.1) is 0 Å². The number of nitrogens with zero attached hydrogens (tertiary/aromatic N) is 2. The molecule has 1 aliphatic rings. The Morgan fingerprint density at radius 3 is 2.39 bits per heavy atom. The third kappa shape index (κ3) is 4.54. The Labute approximate surface area is 110 Å². The second-order valence-electron chi connectivity index (χ2n) is 4.73. The topological polar surface area (TPSA) is 57.5 Å². The molecule has 1 aliphatic heterocycles. The Morgan fingerprint density at radius 2 is 1.94 bits per heavy atom. The molecule has 5 heteroatoms. The Hall–Kier alpha value is -0.670. The Morgan fingerprint density at radius 1 is 1.33 bits per heavy atom. The lowest BCUT2D eigenvalue weighted by molar-refractivity contribution is -0.00461. The van der Waals surface area contributed by atoms with Crippen molar-refractivity contribution in [1.29, 1.82) is 5.26 Å². The van der Waals surface area contributed by atoms with Crippen molar-refractivity contribution >= 4 is 0 Å². The van der Waals surface area contributed by atoms with Crippen LogP contribution < -0.4 is 5.32 Å². The first-order valence-corrected chi connectivity index (χ1v) is 6.66. The van der Waals surface area contributed by atoms with Crippen LogP contribution in [-0.2, 0) is 9.47 Å². The van der Waals surface area contributed by atoms with Gasteiger partial charge in [0, 0.05) is 33.9 Å². The number of nitrogens with one attached hydrogen (secondary N) is 1. The number of hydrogen-bond acceptors (Lipinski definition) is 5. The van der Waals surface area contributed by atoms with E-state index in [2.05, 4.69) is 23.2 Å². The van der Waals surface area contributed by atoms with Crippen molar-refractivity contribution in [2.24, 2.45) is 0 Å². The van der Waals surface area contributed by atoms with Crippen molar-refractivity contribution in [3.63, 3.8) is 0 Å². The van der Waals surface area contributed by atoms with E-state index in [-0.39, 0.29) is 18.2 Å². The van der Waals surface area contributed by atoms with Crippen molar-refractivity contribution in [1.82, 2.24) is 10.2 Å². The number of ether oxygens (including phenoxy) is 2. The van der Waals surface area contributed by atoms with Gasteiger partial charge in [-0.1, -0.05) is 6.92 Å². The molecule has 3 unspecified atom stereocenters. The molecule has 1 saturated heterocycles. The Bertz CT molecular complexity index is 255. The summed E-state index contributed by atoms with van der Waals surface area (Å²) in [5, 5.41) is 12.3. The van der Waals surface area contributed by atoms with Gasteiger partial charge in [0.15, 0.2) is 0 Å². The molecule has 1 fully saturated rings. The lowest BCUT2D eigenvalue weighted by Crippen LogP contribution is -2.33. The number of rotatable bonds is 8. The molecule has 1 heterocycles. The minimum absolute atomic E-state index is 0.0486. The van der Waals surface area contributed by atoms with E-state index in [1.165, 1.54) is 0 Å². The molecule has 0 aliphatic carbocycles. The molecule has 1 rings (SSSR count). The van der Waals surface area contributed by atoms with Gasteiger partial charge in [0.25, 0.3) is 0 Å². The fourth-order valence-electron chi connectivity index (χ4n) is 2.30. The van der Waals surface area contributed by atoms with Crippen molar-refractivity contribution in [2.75, 3.05) is 40.4 Å². The Kier molecular flexibility index (Phi) is 7.21. The normalized spacial score (nSPS) is 26.1.